The van der Waals surface area contributed by atoms with Crippen LogP contribution in [-0.4, -0.2) is 47.9 Å². The Bertz CT molecular complexity index is 1360. The molecule has 3 heterocycles. The summed E-state index contributed by atoms with van der Waals surface area (Å²) in [6, 6.07) is 8.17. The van der Waals surface area contributed by atoms with Gasteiger partial charge in [0.1, 0.15) is 11.3 Å². The van der Waals surface area contributed by atoms with E-state index in [2.05, 4.69) is 20.3 Å². The van der Waals surface area contributed by atoms with E-state index < -0.39 is 12.1 Å². The van der Waals surface area contributed by atoms with Gasteiger partial charge in [0.25, 0.3) is 0 Å². The molecule has 0 saturated heterocycles. The predicted octanol–water partition coefficient (Wildman–Crippen LogP) is 3.37. The summed E-state index contributed by atoms with van der Waals surface area (Å²) in [7, 11) is 0. The van der Waals surface area contributed by atoms with Gasteiger partial charge in [0.05, 0.1) is 19.2 Å². The van der Waals surface area contributed by atoms with E-state index in [1.165, 1.54) is 21.3 Å². The van der Waals surface area contributed by atoms with Crippen LogP contribution in [-0.2, 0) is 19.5 Å². The standard InChI is InChI=1S/C23H25Cl2FN6O2/c1-13(2)27-9-17(33)11-32-16(7-14-3-4-15(24)8-18(14)25)10-31(23(32)34)12-21-28-19-5-6-20(26)29-22(19)30-21/h3-6,8,10,13,17,27,33H,7,9,11-12H2,1-2H3,(H,28,29,30). The van der Waals surface area contributed by atoms with Crippen molar-refractivity contribution >= 4 is 34.4 Å². The molecule has 0 saturated carbocycles. The molecule has 1 atom stereocenters. The summed E-state index contributed by atoms with van der Waals surface area (Å²) in [6.45, 7) is 4.55. The molecule has 0 radical (unpaired) electrons. The second kappa shape index (κ2) is 10.3. The molecule has 3 aromatic heterocycles. The number of hydrogen-bond donors (Lipinski definition) is 3. The SMILES string of the molecule is CC(C)NCC(O)Cn1c(Cc2ccc(Cl)cc2Cl)cn(Cc2nc3ccc(F)nc3[nH]2)c1=O. The third-order valence-corrected chi connectivity index (χ3v) is 5.94. The highest BCUT2D eigenvalue weighted by Crippen LogP contribution is 2.23. The van der Waals surface area contributed by atoms with Gasteiger partial charge in [0.15, 0.2) is 5.65 Å². The van der Waals surface area contributed by atoms with Gasteiger partial charge in [-0.3, -0.25) is 9.13 Å². The fraction of sp³-hybridized carbons (Fsp3) is 0.348. The van der Waals surface area contributed by atoms with Crippen LogP contribution in [0.2, 0.25) is 10.0 Å². The molecule has 0 spiro atoms. The molecule has 0 amide bonds. The van der Waals surface area contributed by atoms with Gasteiger partial charge in [-0.1, -0.05) is 43.1 Å². The molecule has 3 N–H and O–H groups in total. The molecule has 180 valence electrons. The monoisotopic (exact) mass is 506 g/mol. The molecule has 8 nitrogen and oxygen atoms in total. The van der Waals surface area contributed by atoms with Crippen molar-refractivity contribution < 1.29 is 9.50 Å². The Labute approximate surface area is 205 Å². The largest absolute Gasteiger partial charge is 0.390 e. The first-order valence-corrected chi connectivity index (χ1v) is 11.6. The van der Waals surface area contributed by atoms with E-state index in [0.29, 0.717) is 45.7 Å². The molecule has 4 aromatic rings. The average molecular weight is 507 g/mol. The Hall–Kier alpha value is -2.72. The highest BCUT2D eigenvalue weighted by Gasteiger charge is 2.18. The summed E-state index contributed by atoms with van der Waals surface area (Å²) in [5.41, 5.74) is 2.00. The summed E-state index contributed by atoms with van der Waals surface area (Å²) in [5, 5.41) is 14.7. The van der Waals surface area contributed by atoms with Crippen molar-refractivity contribution in [2.24, 2.45) is 0 Å². The highest BCUT2D eigenvalue weighted by molar-refractivity contribution is 6.35. The minimum absolute atomic E-state index is 0.110. The lowest BCUT2D eigenvalue weighted by molar-refractivity contribution is 0.146. The maximum Gasteiger partial charge on any atom is 0.328 e. The second-order valence-electron chi connectivity index (χ2n) is 8.46. The van der Waals surface area contributed by atoms with Gasteiger partial charge in [0.2, 0.25) is 5.95 Å². The number of fused-ring (bicyclic) bond motifs is 1. The summed E-state index contributed by atoms with van der Waals surface area (Å²) in [5.74, 6) is -0.150. The van der Waals surface area contributed by atoms with Crippen molar-refractivity contribution in [3.05, 3.63) is 80.1 Å². The van der Waals surface area contributed by atoms with Crippen LogP contribution in [0.3, 0.4) is 0 Å². The van der Waals surface area contributed by atoms with E-state index in [4.69, 9.17) is 23.2 Å². The van der Waals surface area contributed by atoms with Gasteiger partial charge in [-0.15, -0.1) is 0 Å². The third kappa shape index (κ3) is 5.67. The van der Waals surface area contributed by atoms with Crippen molar-refractivity contribution in [3.8, 4) is 0 Å². The van der Waals surface area contributed by atoms with Gasteiger partial charge in [0, 0.05) is 40.9 Å². The lowest BCUT2D eigenvalue weighted by Gasteiger charge is -2.16. The number of imidazole rings is 2. The Morgan fingerprint density at radius 2 is 2.00 bits per heavy atom. The van der Waals surface area contributed by atoms with Gasteiger partial charge >= 0.3 is 5.69 Å². The minimum atomic E-state index is -0.770. The first-order chi connectivity index (χ1) is 16.2. The Morgan fingerprint density at radius 1 is 1.21 bits per heavy atom. The molecule has 0 aliphatic heterocycles. The second-order valence-corrected chi connectivity index (χ2v) is 9.30. The van der Waals surface area contributed by atoms with Gasteiger partial charge < -0.3 is 15.4 Å². The zero-order valence-electron chi connectivity index (χ0n) is 18.7. The first-order valence-electron chi connectivity index (χ1n) is 10.8. The normalized spacial score (nSPS) is 12.7. The van der Waals surface area contributed by atoms with Crippen LogP contribution in [0.15, 0.2) is 41.3 Å². The lowest BCUT2D eigenvalue weighted by Crippen LogP contribution is -2.37. The summed E-state index contributed by atoms with van der Waals surface area (Å²) >= 11 is 12.4. The smallest absolute Gasteiger partial charge is 0.328 e. The van der Waals surface area contributed by atoms with Crippen LogP contribution < -0.4 is 11.0 Å². The first kappa shape index (κ1) is 24.4. The summed E-state index contributed by atoms with van der Waals surface area (Å²) in [6.07, 6.45) is 1.32. The van der Waals surface area contributed by atoms with Crippen molar-refractivity contribution in [1.82, 2.24) is 29.4 Å². The number of aromatic amines is 1. The van der Waals surface area contributed by atoms with Crippen LogP contribution in [0.25, 0.3) is 11.2 Å². The van der Waals surface area contributed by atoms with Gasteiger partial charge in [-0.05, 0) is 29.8 Å². The van der Waals surface area contributed by atoms with Crippen molar-refractivity contribution in [1.29, 1.82) is 0 Å². The molecule has 11 heteroatoms. The van der Waals surface area contributed by atoms with Crippen LogP contribution in [0.1, 0.15) is 30.9 Å². The highest BCUT2D eigenvalue weighted by atomic mass is 35.5. The predicted molar refractivity (Wildman–Crippen MR) is 130 cm³/mol. The molecule has 34 heavy (non-hydrogen) atoms. The maximum atomic E-state index is 13.4. The number of nitrogens with one attached hydrogen (secondary N) is 2. The van der Waals surface area contributed by atoms with Crippen LogP contribution in [0.5, 0.6) is 0 Å². The Morgan fingerprint density at radius 3 is 2.74 bits per heavy atom. The number of hydrogen-bond acceptors (Lipinski definition) is 5. The van der Waals surface area contributed by atoms with E-state index in [0.717, 1.165) is 5.56 Å². The van der Waals surface area contributed by atoms with E-state index in [9.17, 15) is 14.3 Å². The van der Waals surface area contributed by atoms with Gasteiger partial charge in [-0.25, -0.2) is 9.78 Å². The Kier molecular flexibility index (Phi) is 7.37. The minimum Gasteiger partial charge on any atom is -0.390 e. The maximum absolute atomic E-state index is 13.4. The zero-order valence-corrected chi connectivity index (χ0v) is 20.2. The van der Waals surface area contributed by atoms with E-state index in [1.807, 2.05) is 19.9 Å². The molecular formula is C23H25Cl2FN6O2. The molecule has 0 bridgehead atoms. The number of halogens is 3. The summed E-state index contributed by atoms with van der Waals surface area (Å²) < 4.78 is 16.5. The number of benzene rings is 1. The summed E-state index contributed by atoms with van der Waals surface area (Å²) in [4.78, 5) is 24.4. The topological polar surface area (TPSA) is 101 Å². The molecule has 0 aliphatic rings. The number of aliphatic hydroxyl groups excluding tert-OH is 1. The quantitative estimate of drug-likeness (QED) is 0.302. The number of aromatic nitrogens is 5. The Balaban J connectivity index is 1.66. The number of pyridine rings is 1. The number of rotatable bonds is 9. The molecule has 1 aromatic carbocycles. The fourth-order valence-corrected chi connectivity index (χ4v) is 4.17. The third-order valence-electron chi connectivity index (χ3n) is 5.35. The fourth-order valence-electron chi connectivity index (χ4n) is 3.70. The van der Waals surface area contributed by atoms with E-state index in [-0.39, 0.29) is 24.8 Å². The van der Waals surface area contributed by atoms with Crippen molar-refractivity contribution in [2.75, 3.05) is 6.54 Å². The van der Waals surface area contributed by atoms with Crippen molar-refractivity contribution in [2.45, 2.75) is 45.5 Å². The average Bonchev–Trinajstić information content (AvgIpc) is 3.29. The van der Waals surface area contributed by atoms with Crippen LogP contribution in [0, 0.1) is 5.95 Å². The molecule has 0 aliphatic carbocycles. The molecule has 0 fully saturated rings. The number of aliphatic hydroxyl groups is 1. The lowest BCUT2D eigenvalue weighted by atomic mass is 10.1. The molecule has 4 rings (SSSR count). The van der Waals surface area contributed by atoms with Crippen LogP contribution >= 0.6 is 23.2 Å². The van der Waals surface area contributed by atoms with Gasteiger partial charge in [-0.2, -0.15) is 9.37 Å². The molecular weight excluding hydrogens is 482 g/mol. The van der Waals surface area contributed by atoms with Crippen molar-refractivity contribution in [3.63, 3.8) is 0 Å². The van der Waals surface area contributed by atoms with E-state index >= 15 is 0 Å². The van der Waals surface area contributed by atoms with E-state index in [1.54, 1.807) is 18.3 Å². The molecule has 1 unspecified atom stereocenters. The number of H-pyrrole nitrogens is 1. The zero-order chi connectivity index (χ0) is 24.4. The number of nitrogens with zero attached hydrogens (tertiary/aromatic N) is 4. The van der Waals surface area contributed by atoms with Crippen LogP contribution in [0.4, 0.5) is 4.39 Å².